The van der Waals surface area contributed by atoms with Crippen LogP contribution in [0.4, 0.5) is 5.69 Å². The molecule has 0 fully saturated rings. The van der Waals surface area contributed by atoms with Gasteiger partial charge in [-0.25, -0.2) is 0 Å². The summed E-state index contributed by atoms with van der Waals surface area (Å²) in [4.78, 5) is 12.3. The summed E-state index contributed by atoms with van der Waals surface area (Å²) in [6.45, 7) is 8.41. The molecule has 0 aliphatic heterocycles. The molecule has 4 heteroatoms. The Labute approximate surface area is 141 Å². The highest BCUT2D eigenvalue weighted by atomic mass is 32.2. The standard InChI is InChI=1S/C19H20N2OS/c1-13-17(12-22)14(11-20)5-10-18(13)21-23-16-8-6-15(7-9-16)19(2,3)4/h5-10,12,21H,1-4H3. The van der Waals surface area contributed by atoms with E-state index in [-0.39, 0.29) is 5.41 Å². The summed E-state index contributed by atoms with van der Waals surface area (Å²) in [6, 6.07) is 14.0. The zero-order valence-corrected chi connectivity index (χ0v) is 14.6. The summed E-state index contributed by atoms with van der Waals surface area (Å²) >= 11 is 1.49. The number of aldehydes is 1. The lowest BCUT2D eigenvalue weighted by atomic mass is 9.87. The highest BCUT2D eigenvalue weighted by molar-refractivity contribution is 8.00. The van der Waals surface area contributed by atoms with Crippen molar-refractivity contribution >= 4 is 23.9 Å². The monoisotopic (exact) mass is 324 g/mol. The van der Waals surface area contributed by atoms with Crippen LogP contribution in [0.5, 0.6) is 0 Å². The first-order valence-corrected chi connectivity index (χ1v) is 8.20. The number of benzene rings is 2. The van der Waals surface area contributed by atoms with Gasteiger partial charge < -0.3 is 4.72 Å². The largest absolute Gasteiger partial charge is 0.325 e. The Morgan fingerprint density at radius 1 is 1.13 bits per heavy atom. The van der Waals surface area contributed by atoms with E-state index in [1.165, 1.54) is 17.5 Å². The Hall–Kier alpha value is -2.25. The lowest BCUT2D eigenvalue weighted by molar-refractivity contribution is 0.112. The number of anilines is 1. The normalized spacial score (nSPS) is 10.9. The van der Waals surface area contributed by atoms with Crippen LogP contribution in [0.15, 0.2) is 41.3 Å². The Balaban J connectivity index is 2.16. The van der Waals surface area contributed by atoms with Crippen molar-refractivity contribution in [2.24, 2.45) is 0 Å². The van der Waals surface area contributed by atoms with Gasteiger partial charge in [-0.15, -0.1) is 0 Å². The van der Waals surface area contributed by atoms with Crippen LogP contribution in [-0.2, 0) is 5.41 Å². The number of rotatable bonds is 4. The van der Waals surface area contributed by atoms with Crippen molar-refractivity contribution < 1.29 is 4.79 Å². The molecule has 0 unspecified atom stereocenters. The number of carbonyl (C=O) groups excluding carboxylic acids is 1. The molecule has 1 N–H and O–H groups in total. The van der Waals surface area contributed by atoms with Gasteiger partial charge in [-0.05, 0) is 59.7 Å². The Kier molecular flexibility index (Phi) is 5.12. The Morgan fingerprint density at radius 2 is 1.78 bits per heavy atom. The van der Waals surface area contributed by atoms with E-state index in [9.17, 15) is 4.79 Å². The molecule has 2 aromatic rings. The second-order valence-electron chi connectivity index (χ2n) is 6.41. The Bertz CT molecular complexity index is 753. The van der Waals surface area contributed by atoms with Crippen LogP contribution in [0.2, 0.25) is 0 Å². The number of nitriles is 1. The fourth-order valence-corrected chi connectivity index (χ4v) is 2.95. The molecule has 0 heterocycles. The molecule has 2 rings (SSSR count). The first-order valence-electron chi connectivity index (χ1n) is 7.39. The van der Waals surface area contributed by atoms with Crippen LogP contribution in [0.1, 0.15) is 47.8 Å². The summed E-state index contributed by atoms with van der Waals surface area (Å²) in [6.07, 6.45) is 0.738. The molecule has 0 spiro atoms. The SMILES string of the molecule is Cc1c(NSc2ccc(C(C)(C)C)cc2)ccc(C#N)c1C=O. The molecular formula is C19H20N2OS. The maximum atomic E-state index is 11.2. The van der Waals surface area contributed by atoms with Crippen LogP contribution < -0.4 is 4.72 Å². The third-order valence-electron chi connectivity index (χ3n) is 3.75. The maximum Gasteiger partial charge on any atom is 0.151 e. The maximum absolute atomic E-state index is 11.2. The summed E-state index contributed by atoms with van der Waals surface area (Å²) in [5, 5.41) is 9.03. The topological polar surface area (TPSA) is 52.9 Å². The zero-order valence-electron chi connectivity index (χ0n) is 13.8. The number of nitrogens with one attached hydrogen (secondary N) is 1. The van der Waals surface area contributed by atoms with Gasteiger partial charge in [0.05, 0.1) is 11.6 Å². The molecule has 0 saturated carbocycles. The van der Waals surface area contributed by atoms with E-state index < -0.39 is 0 Å². The van der Waals surface area contributed by atoms with Gasteiger partial charge in [0.25, 0.3) is 0 Å². The fraction of sp³-hybridized carbons (Fsp3) is 0.263. The van der Waals surface area contributed by atoms with Gasteiger partial charge in [0.15, 0.2) is 6.29 Å². The van der Waals surface area contributed by atoms with E-state index in [1.807, 2.05) is 19.1 Å². The average molecular weight is 324 g/mol. The molecule has 0 saturated heterocycles. The summed E-state index contributed by atoms with van der Waals surface area (Å²) in [5.41, 5.74) is 3.91. The predicted molar refractivity (Wildman–Crippen MR) is 95.9 cm³/mol. The van der Waals surface area contributed by atoms with Gasteiger partial charge in [-0.1, -0.05) is 32.9 Å². The third-order valence-corrected chi connectivity index (χ3v) is 4.58. The van der Waals surface area contributed by atoms with Crippen LogP contribution in [0, 0.1) is 18.3 Å². The second-order valence-corrected chi connectivity index (χ2v) is 7.29. The first kappa shape index (κ1) is 17.1. The number of hydrogen-bond acceptors (Lipinski definition) is 4. The number of nitrogens with zero attached hydrogens (tertiary/aromatic N) is 1. The Morgan fingerprint density at radius 3 is 2.30 bits per heavy atom. The lowest BCUT2D eigenvalue weighted by Crippen LogP contribution is -2.10. The highest BCUT2D eigenvalue weighted by Crippen LogP contribution is 2.29. The van der Waals surface area contributed by atoms with E-state index in [4.69, 9.17) is 5.26 Å². The van der Waals surface area contributed by atoms with Crippen LogP contribution in [0.25, 0.3) is 0 Å². The molecule has 0 amide bonds. The molecule has 23 heavy (non-hydrogen) atoms. The van der Waals surface area contributed by atoms with E-state index >= 15 is 0 Å². The van der Waals surface area contributed by atoms with E-state index in [0.717, 1.165) is 22.4 Å². The quantitative estimate of drug-likeness (QED) is 0.628. The minimum absolute atomic E-state index is 0.138. The lowest BCUT2D eigenvalue weighted by Gasteiger charge is -2.19. The highest BCUT2D eigenvalue weighted by Gasteiger charge is 2.13. The molecule has 2 aromatic carbocycles. The van der Waals surface area contributed by atoms with E-state index in [1.54, 1.807) is 6.07 Å². The van der Waals surface area contributed by atoms with Crippen molar-refractivity contribution in [2.75, 3.05) is 4.72 Å². The molecule has 3 nitrogen and oxygen atoms in total. The summed E-state index contributed by atoms with van der Waals surface area (Å²) in [5.74, 6) is 0. The van der Waals surface area contributed by atoms with Crippen molar-refractivity contribution in [3.05, 3.63) is 58.7 Å². The number of hydrogen-bond donors (Lipinski definition) is 1. The van der Waals surface area contributed by atoms with Gasteiger partial charge in [-0.3, -0.25) is 4.79 Å². The van der Waals surface area contributed by atoms with Crippen molar-refractivity contribution in [3.8, 4) is 6.07 Å². The molecule has 0 aliphatic carbocycles. The fourth-order valence-electron chi connectivity index (χ4n) is 2.23. The molecule has 0 aromatic heterocycles. The van der Waals surface area contributed by atoms with Crippen molar-refractivity contribution in [2.45, 2.75) is 38.0 Å². The van der Waals surface area contributed by atoms with E-state index in [2.05, 4.69) is 49.8 Å². The van der Waals surface area contributed by atoms with Crippen LogP contribution >= 0.6 is 11.9 Å². The van der Waals surface area contributed by atoms with Gasteiger partial charge >= 0.3 is 0 Å². The predicted octanol–water partition coefficient (Wildman–Crippen LogP) is 5.10. The summed E-state index contributed by atoms with van der Waals surface area (Å²) in [7, 11) is 0. The minimum atomic E-state index is 0.138. The molecule has 118 valence electrons. The van der Waals surface area contributed by atoms with Gasteiger partial charge in [-0.2, -0.15) is 5.26 Å². The smallest absolute Gasteiger partial charge is 0.151 e. The van der Waals surface area contributed by atoms with Gasteiger partial charge in [0.2, 0.25) is 0 Å². The summed E-state index contributed by atoms with van der Waals surface area (Å²) < 4.78 is 3.26. The first-order chi connectivity index (χ1) is 10.9. The molecule has 0 aliphatic rings. The zero-order chi connectivity index (χ0) is 17.0. The van der Waals surface area contributed by atoms with Crippen molar-refractivity contribution in [1.29, 1.82) is 5.26 Å². The second kappa shape index (κ2) is 6.89. The van der Waals surface area contributed by atoms with Crippen molar-refractivity contribution in [3.63, 3.8) is 0 Å². The molecule has 0 bridgehead atoms. The molecular weight excluding hydrogens is 304 g/mol. The molecule has 0 radical (unpaired) electrons. The molecule has 0 atom stereocenters. The average Bonchev–Trinajstić information content (AvgIpc) is 2.53. The van der Waals surface area contributed by atoms with Gasteiger partial charge in [0, 0.05) is 16.1 Å². The third kappa shape index (κ3) is 3.94. The van der Waals surface area contributed by atoms with Crippen LogP contribution in [0.3, 0.4) is 0 Å². The number of carbonyl (C=O) groups is 1. The van der Waals surface area contributed by atoms with Crippen LogP contribution in [-0.4, -0.2) is 6.29 Å². The van der Waals surface area contributed by atoms with Gasteiger partial charge in [0.1, 0.15) is 0 Å². The van der Waals surface area contributed by atoms with Crippen molar-refractivity contribution in [1.82, 2.24) is 0 Å². The van der Waals surface area contributed by atoms with E-state index in [0.29, 0.717) is 11.1 Å². The minimum Gasteiger partial charge on any atom is -0.325 e.